The number of alkyl halides is 1. The number of rotatable bonds is 2. The average molecular weight is 396 g/mol. The van der Waals surface area contributed by atoms with Gasteiger partial charge in [-0.05, 0) is 67.8 Å². The zero-order valence-corrected chi connectivity index (χ0v) is 16.3. The van der Waals surface area contributed by atoms with Crippen LogP contribution in [0.5, 0.6) is 5.75 Å². The molecule has 28 heavy (non-hydrogen) atoms. The number of pyridine rings is 1. The fourth-order valence-electron chi connectivity index (χ4n) is 4.46. The van der Waals surface area contributed by atoms with Crippen LogP contribution in [-0.4, -0.2) is 38.0 Å². The summed E-state index contributed by atoms with van der Waals surface area (Å²) in [6, 6.07) is 5.80. The van der Waals surface area contributed by atoms with Crippen molar-refractivity contribution in [3.05, 3.63) is 41.2 Å². The number of nitrogens with zero attached hydrogens (tertiary/aromatic N) is 3. The van der Waals surface area contributed by atoms with Crippen LogP contribution < -0.4 is 5.32 Å². The van der Waals surface area contributed by atoms with Crippen LogP contribution in [0.3, 0.4) is 0 Å². The SMILES string of the molecule is C[C@]12CCCC(C/C(=C\c3nnc(-c4cc5ccncc5cc4O)s3)[C@@H]1F)N2. The number of hydrogen-bond donors (Lipinski definition) is 2. The quantitative estimate of drug-likeness (QED) is 0.668. The van der Waals surface area contributed by atoms with Crippen molar-refractivity contribution < 1.29 is 9.50 Å². The Hall–Kier alpha value is -2.38. The fourth-order valence-corrected chi connectivity index (χ4v) is 5.31. The third-order valence-electron chi connectivity index (χ3n) is 5.88. The summed E-state index contributed by atoms with van der Waals surface area (Å²) in [5.74, 6) is 0.142. The Labute approximate surface area is 166 Å². The molecule has 0 aliphatic carbocycles. The highest BCUT2D eigenvalue weighted by Crippen LogP contribution is 2.40. The first-order valence-electron chi connectivity index (χ1n) is 9.55. The van der Waals surface area contributed by atoms with Crippen LogP contribution in [0.15, 0.2) is 36.2 Å². The summed E-state index contributed by atoms with van der Waals surface area (Å²) in [4.78, 5) is 4.08. The molecule has 1 unspecified atom stereocenters. The molecule has 2 aliphatic rings. The number of piperidine rings is 2. The van der Waals surface area contributed by atoms with Crippen molar-refractivity contribution in [1.29, 1.82) is 0 Å². The van der Waals surface area contributed by atoms with Crippen LogP contribution in [0.25, 0.3) is 27.4 Å². The van der Waals surface area contributed by atoms with Crippen LogP contribution >= 0.6 is 11.3 Å². The van der Waals surface area contributed by atoms with Gasteiger partial charge >= 0.3 is 0 Å². The van der Waals surface area contributed by atoms with Gasteiger partial charge in [-0.1, -0.05) is 11.3 Å². The molecule has 2 fully saturated rings. The van der Waals surface area contributed by atoms with E-state index in [9.17, 15) is 5.11 Å². The standard InChI is InChI=1S/C21H21FN4OS/c1-21-5-2-3-15(24-21)7-13(19(21)22)10-18-25-26-20(28-18)16-8-12-4-6-23-11-14(12)9-17(16)27/h4,6,8-11,15,19,24,27H,2-3,5,7H2,1H3/b13-10+/t15?,19-,21-/m0/s1. The van der Waals surface area contributed by atoms with E-state index < -0.39 is 11.7 Å². The van der Waals surface area contributed by atoms with E-state index in [1.165, 1.54) is 11.3 Å². The number of phenols is 1. The van der Waals surface area contributed by atoms with Crippen LogP contribution in [0.2, 0.25) is 0 Å². The van der Waals surface area contributed by atoms with E-state index in [0.29, 0.717) is 28.0 Å². The Morgan fingerprint density at radius 3 is 3.11 bits per heavy atom. The Morgan fingerprint density at radius 1 is 1.32 bits per heavy atom. The first-order valence-corrected chi connectivity index (χ1v) is 10.4. The molecule has 2 saturated heterocycles. The summed E-state index contributed by atoms with van der Waals surface area (Å²) in [5.41, 5.74) is 0.944. The number of fused-ring (bicyclic) bond motifs is 3. The van der Waals surface area contributed by atoms with Gasteiger partial charge in [-0.25, -0.2) is 4.39 Å². The number of aromatic nitrogens is 3. The van der Waals surface area contributed by atoms with Crippen LogP contribution in [0.4, 0.5) is 4.39 Å². The zero-order valence-electron chi connectivity index (χ0n) is 15.5. The second kappa shape index (κ2) is 6.60. The van der Waals surface area contributed by atoms with Crippen molar-refractivity contribution in [2.45, 2.75) is 50.4 Å². The first kappa shape index (κ1) is 17.7. The molecule has 144 valence electrons. The van der Waals surface area contributed by atoms with Crippen LogP contribution in [-0.2, 0) is 0 Å². The minimum atomic E-state index is -1.02. The molecule has 0 spiro atoms. The zero-order chi connectivity index (χ0) is 19.3. The van der Waals surface area contributed by atoms with Gasteiger partial charge in [-0.3, -0.25) is 4.98 Å². The number of halogens is 1. The fraction of sp³-hybridized carbons (Fsp3) is 0.381. The Morgan fingerprint density at radius 2 is 2.21 bits per heavy atom. The molecule has 2 aliphatic heterocycles. The molecule has 5 rings (SSSR count). The average Bonchev–Trinajstić information content (AvgIpc) is 3.14. The maximum Gasteiger partial charge on any atom is 0.151 e. The molecular formula is C21H21FN4OS. The Balaban J connectivity index is 1.48. The van der Waals surface area contributed by atoms with Crippen molar-refractivity contribution in [2.24, 2.45) is 0 Å². The van der Waals surface area contributed by atoms with E-state index in [1.807, 2.05) is 25.1 Å². The smallest absolute Gasteiger partial charge is 0.151 e. The molecule has 0 radical (unpaired) electrons. The van der Waals surface area contributed by atoms with E-state index in [0.717, 1.165) is 35.6 Å². The van der Waals surface area contributed by atoms with Gasteiger partial charge in [0.2, 0.25) is 0 Å². The van der Waals surface area contributed by atoms with Gasteiger partial charge in [0.1, 0.15) is 16.9 Å². The highest BCUT2D eigenvalue weighted by atomic mass is 32.1. The number of aromatic hydroxyl groups is 1. The second-order valence-electron chi connectivity index (χ2n) is 7.97. The normalized spacial score (nSPS) is 28.7. The highest BCUT2D eigenvalue weighted by Gasteiger charge is 2.45. The van der Waals surface area contributed by atoms with Crippen molar-refractivity contribution in [2.75, 3.05) is 0 Å². The molecule has 0 saturated carbocycles. The third-order valence-corrected chi connectivity index (χ3v) is 6.79. The van der Waals surface area contributed by atoms with E-state index >= 15 is 4.39 Å². The molecule has 1 aromatic carbocycles. The van der Waals surface area contributed by atoms with Crippen LogP contribution in [0, 0.1) is 0 Å². The summed E-state index contributed by atoms with van der Waals surface area (Å²) in [6.45, 7) is 1.98. The summed E-state index contributed by atoms with van der Waals surface area (Å²) in [5, 5.41) is 25.5. The van der Waals surface area contributed by atoms with Gasteiger partial charge in [-0.2, -0.15) is 0 Å². The monoisotopic (exact) mass is 396 g/mol. The third kappa shape index (κ3) is 2.99. The molecule has 5 nitrogen and oxygen atoms in total. The number of phenolic OH excluding ortho intramolecular Hbond substituents is 1. The van der Waals surface area contributed by atoms with Gasteiger partial charge in [0.05, 0.1) is 11.1 Å². The predicted octanol–water partition coefficient (Wildman–Crippen LogP) is 4.48. The Kier molecular flexibility index (Phi) is 4.17. The van der Waals surface area contributed by atoms with Gasteiger partial charge in [-0.15, -0.1) is 10.2 Å². The van der Waals surface area contributed by atoms with Crippen molar-refractivity contribution in [3.8, 4) is 16.3 Å². The van der Waals surface area contributed by atoms with E-state index in [4.69, 9.17) is 0 Å². The lowest BCUT2D eigenvalue weighted by molar-refractivity contribution is 0.0993. The van der Waals surface area contributed by atoms with Gasteiger partial charge < -0.3 is 10.4 Å². The molecule has 3 aromatic rings. The van der Waals surface area contributed by atoms with E-state index in [1.54, 1.807) is 18.5 Å². The lowest BCUT2D eigenvalue weighted by atomic mass is 9.74. The lowest BCUT2D eigenvalue weighted by Gasteiger charge is -2.47. The van der Waals surface area contributed by atoms with Crippen molar-refractivity contribution in [3.63, 3.8) is 0 Å². The molecule has 2 N–H and O–H groups in total. The summed E-state index contributed by atoms with van der Waals surface area (Å²) in [7, 11) is 0. The molecule has 3 atom stereocenters. The highest BCUT2D eigenvalue weighted by molar-refractivity contribution is 7.15. The second-order valence-corrected chi connectivity index (χ2v) is 8.98. The Bertz CT molecular complexity index is 1080. The minimum Gasteiger partial charge on any atom is -0.507 e. The van der Waals surface area contributed by atoms with Crippen molar-refractivity contribution in [1.82, 2.24) is 20.5 Å². The number of nitrogens with one attached hydrogen (secondary N) is 1. The number of benzene rings is 1. The minimum absolute atomic E-state index is 0.142. The molecule has 4 heterocycles. The van der Waals surface area contributed by atoms with Gasteiger partial charge in [0.15, 0.2) is 5.01 Å². The van der Waals surface area contributed by atoms with Gasteiger partial charge in [0, 0.05) is 23.8 Å². The molecule has 2 aromatic heterocycles. The maximum atomic E-state index is 15.1. The first-order chi connectivity index (χ1) is 13.5. The topological polar surface area (TPSA) is 70.9 Å². The van der Waals surface area contributed by atoms with Gasteiger partial charge in [0.25, 0.3) is 0 Å². The molecule has 2 bridgehead atoms. The lowest BCUT2D eigenvalue weighted by Crippen LogP contribution is -2.61. The summed E-state index contributed by atoms with van der Waals surface area (Å²) >= 11 is 1.37. The van der Waals surface area contributed by atoms with E-state index in [2.05, 4.69) is 20.5 Å². The summed E-state index contributed by atoms with van der Waals surface area (Å²) in [6.07, 6.45) is 7.98. The molecule has 0 amide bonds. The van der Waals surface area contributed by atoms with Crippen LogP contribution in [0.1, 0.15) is 37.6 Å². The maximum absolute atomic E-state index is 15.1. The summed E-state index contributed by atoms with van der Waals surface area (Å²) < 4.78 is 15.1. The van der Waals surface area contributed by atoms with Crippen molar-refractivity contribution >= 4 is 28.2 Å². The van der Waals surface area contributed by atoms with E-state index in [-0.39, 0.29) is 5.75 Å². The number of hydrogen-bond acceptors (Lipinski definition) is 6. The molecular weight excluding hydrogens is 375 g/mol. The predicted molar refractivity (Wildman–Crippen MR) is 109 cm³/mol. The molecule has 7 heteroatoms. The largest absolute Gasteiger partial charge is 0.507 e.